The normalized spacial score (nSPS) is 15.6. The lowest BCUT2D eigenvalue weighted by molar-refractivity contribution is 0.194. The smallest absolute Gasteiger partial charge is 0.150 e. The van der Waals surface area contributed by atoms with Gasteiger partial charge in [0.1, 0.15) is 0 Å². The van der Waals surface area contributed by atoms with Crippen molar-refractivity contribution in [2.45, 2.75) is 0 Å². The molecule has 1 aromatic carbocycles. The van der Waals surface area contributed by atoms with E-state index in [9.17, 15) is 0 Å². The van der Waals surface area contributed by atoms with Crippen LogP contribution in [0.5, 0.6) is 5.75 Å². The first kappa shape index (κ1) is 5.74. The molecule has 2 nitrogen and oxygen atoms in total. The second-order valence-electron chi connectivity index (χ2n) is 2.19. The van der Waals surface area contributed by atoms with E-state index in [1.165, 1.54) is 5.56 Å². The standard InChI is InChI=1S/C8H8NO/c1-2-4-8-7(3-1)5-6-9-10-8/h1-5,9H,6H2. The molecule has 0 aliphatic carbocycles. The van der Waals surface area contributed by atoms with E-state index in [0.29, 0.717) is 0 Å². The van der Waals surface area contributed by atoms with Gasteiger partial charge in [-0.15, -0.1) is 0 Å². The summed E-state index contributed by atoms with van der Waals surface area (Å²) in [5.74, 6) is 0.911. The summed E-state index contributed by atoms with van der Waals surface area (Å²) < 4.78 is 0. The van der Waals surface area contributed by atoms with Gasteiger partial charge in [-0.2, -0.15) is 5.48 Å². The number of hydrogen-bond acceptors (Lipinski definition) is 2. The maximum absolute atomic E-state index is 5.14. The molecular formula is C8H8NO. The number of para-hydroxylation sites is 1. The van der Waals surface area contributed by atoms with Crippen LogP contribution in [-0.2, 0) is 0 Å². The van der Waals surface area contributed by atoms with Crippen LogP contribution in [0.25, 0.3) is 0 Å². The molecule has 1 heterocycles. The van der Waals surface area contributed by atoms with Gasteiger partial charge >= 0.3 is 0 Å². The summed E-state index contributed by atoms with van der Waals surface area (Å²) in [6.45, 7) is 0.789. The second kappa shape index (κ2) is 2.31. The van der Waals surface area contributed by atoms with Gasteiger partial charge in [-0.1, -0.05) is 18.2 Å². The summed E-state index contributed by atoms with van der Waals surface area (Å²) in [7, 11) is 0. The highest BCUT2D eigenvalue weighted by Gasteiger charge is 2.07. The minimum atomic E-state index is 0.789. The Morgan fingerprint density at radius 1 is 1.30 bits per heavy atom. The highest BCUT2D eigenvalue weighted by Crippen LogP contribution is 2.20. The van der Waals surface area contributed by atoms with Crippen LogP contribution in [0.2, 0.25) is 0 Å². The van der Waals surface area contributed by atoms with Gasteiger partial charge in [-0.3, -0.25) is 0 Å². The van der Waals surface area contributed by atoms with Crippen LogP contribution in [0.4, 0.5) is 0 Å². The summed E-state index contributed by atoms with van der Waals surface area (Å²) in [4.78, 5) is 5.14. The molecule has 1 radical (unpaired) electrons. The summed E-state index contributed by atoms with van der Waals surface area (Å²) in [5.41, 5.74) is 3.95. The Morgan fingerprint density at radius 2 is 2.20 bits per heavy atom. The van der Waals surface area contributed by atoms with Crippen LogP contribution in [-0.4, -0.2) is 6.54 Å². The van der Waals surface area contributed by atoms with Crippen LogP contribution >= 0.6 is 0 Å². The highest BCUT2D eigenvalue weighted by atomic mass is 16.6. The molecule has 0 unspecified atom stereocenters. The highest BCUT2D eigenvalue weighted by molar-refractivity contribution is 5.39. The third-order valence-electron chi connectivity index (χ3n) is 1.51. The number of hydroxylamine groups is 1. The first-order chi connectivity index (χ1) is 4.97. The van der Waals surface area contributed by atoms with Crippen LogP contribution in [0.15, 0.2) is 24.3 Å². The molecule has 10 heavy (non-hydrogen) atoms. The van der Waals surface area contributed by atoms with Crippen molar-refractivity contribution in [1.82, 2.24) is 5.48 Å². The Kier molecular flexibility index (Phi) is 1.32. The van der Waals surface area contributed by atoms with Crippen LogP contribution in [0, 0.1) is 6.42 Å². The van der Waals surface area contributed by atoms with Gasteiger partial charge in [0.25, 0.3) is 0 Å². The number of nitrogens with one attached hydrogen (secondary N) is 1. The lowest BCUT2D eigenvalue weighted by atomic mass is 10.1. The summed E-state index contributed by atoms with van der Waals surface area (Å²) >= 11 is 0. The van der Waals surface area contributed by atoms with E-state index in [1.54, 1.807) is 0 Å². The Morgan fingerprint density at radius 3 is 3.10 bits per heavy atom. The molecule has 1 aliphatic rings. The maximum Gasteiger partial charge on any atom is 0.150 e. The quantitative estimate of drug-likeness (QED) is 0.574. The van der Waals surface area contributed by atoms with Crippen molar-refractivity contribution >= 4 is 0 Å². The third-order valence-corrected chi connectivity index (χ3v) is 1.51. The fourth-order valence-corrected chi connectivity index (χ4v) is 1.01. The predicted octanol–water partition coefficient (Wildman–Crippen LogP) is 1.14. The second-order valence-corrected chi connectivity index (χ2v) is 2.19. The molecule has 0 amide bonds. The molecule has 51 valence electrons. The molecule has 2 rings (SSSR count). The van der Waals surface area contributed by atoms with Crippen molar-refractivity contribution < 1.29 is 4.84 Å². The molecule has 0 bridgehead atoms. The van der Waals surface area contributed by atoms with Crippen LogP contribution in [0.3, 0.4) is 0 Å². The zero-order valence-corrected chi connectivity index (χ0v) is 5.50. The monoisotopic (exact) mass is 134 g/mol. The molecule has 0 spiro atoms. The number of fused-ring (bicyclic) bond motifs is 1. The minimum Gasteiger partial charge on any atom is -0.408 e. The van der Waals surface area contributed by atoms with Crippen LogP contribution < -0.4 is 10.3 Å². The van der Waals surface area contributed by atoms with Crippen molar-refractivity contribution in [3.63, 3.8) is 0 Å². The minimum absolute atomic E-state index is 0.789. The van der Waals surface area contributed by atoms with Gasteiger partial charge in [0.15, 0.2) is 5.75 Å². The van der Waals surface area contributed by atoms with Gasteiger partial charge in [-0.05, 0) is 6.07 Å². The van der Waals surface area contributed by atoms with Crippen LogP contribution in [0.1, 0.15) is 5.56 Å². The Balaban J connectivity index is 2.41. The Labute approximate surface area is 59.8 Å². The molecule has 0 saturated heterocycles. The predicted molar refractivity (Wildman–Crippen MR) is 38.5 cm³/mol. The van der Waals surface area contributed by atoms with Gasteiger partial charge < -0.3 is 4.84 Å². The fourth-order valence-electron chi connectivity index (χ4n) is 1.01. The largest absolute Gasteiger partial charge is 0.408 e. The van der Waals surface area contributed by atoms with Crippen molar-refractivity contribution in [2.24, 2.45) is 0 Å². The molecule has 0 atom stereocenters. The van der Waals surface area contributed by atoms with E-state index in [1.807, 2.05) is 24.3 Å². The molecule has 0 fully saturated rings. The number of benzene rings is 1. The molecule has 1 aliphatic heterocycles. The lowest BCUT2D eigenvalue weighted by Gasteiger charge is -2.15. The molecule has 1 aromatic rings. The summed E-state index contributed by atoms with van der Waals surface area (Å²) in [5, 5.41) is 0. The first-order valence-corrected chi connectivity index (χ1v) is 3.29. The zero-order chi connectivity index (χ0) is 6.81. The first-order valence-electron chi connectivity index (χ1n) is 3.29. The summed E-state index contributed by atoms with van der Waals surface area (Å²) in [6, 6.07) is 7.94. The van der Waals surface area contributed by atoms with Crippen molar-refractivity contribution in [2.75, 3.05) is 6.54 Å². The van der Waals surface area contributed by atoms with E-state index in [0.717, 1.165) is 12.3 Å². The number of hydrogen-bond donors (Lipinski definition) is 1. The Bertz CT molecular complexity index is 209. The Hall–Kier alpha value is -1.02. The number of rotatable bonds is 0. The molecule has 2 heteroatoms. The van der Waals surface area contributed by atoms with E-state index >= 15 is 0 Å². The maximum atomic E-state index is 5.14. The zero-order valence-electron chi connectivity index (χ0n) is 5.50. The van der Waals surface area contributed by atoms with Gasteiger partial charge in [0.05, 0.1) is 0 Å². The van der Waals surface area contributed by atoms with E-state index in [-0.39, 0.29) is 0 Å². The summed E-state index contributed by atoms with van der Waals surface area (Å²) in [6.07, 6.45) is 2.10. The van der Waals surface area contributed by atoms with Crippen molar-refractivity contribution in [3.05, 3.63) is 36.2 Å². The van der Waals surface area contributed by atoms with Crippen molar-refractivity contribution in [1.29, 1.82) is 0 Å². The van der Waals surface area contributed by atoms with Gasteiger partial charge in [-0.25, -0.2) is 0 Å². The molecular weight excluding hydrogens is 126 g/mol. The van der Waals surface area contributed by atoms with Crippen molar-refractivity contribution in [3.8, 4) is 5.75 Å². The van der Waals surface area contributed by atoms with Gasteiger partial charge in [0.2, 0.25) is 0 Å². The van der Waals surface area contributed by atoms with Gasteiger partial charge in [0, 0.05) is 18.5 Å². The topological polar surface area (TPSA) is 21.3 Å². The van der Waals surface area contributed by atoms with E-state index < -0.39 is 0 Å². The lowest BCUT2D eigenvalue weighted by Crippen LogP contribution is -2.25. The van der Waals surface area contributed by atoms with E-state index in [4.69, 9.17) is 4.84 Å². The molecule has 1 N–H and O–H groups in total. The third kappa shape index (κ3) is 0.866. The SMILES string of the molecule is [CH]1CNOc2ccccc21. The fraction of sp³-hybridized carbons (Fsp3) is 0.125. The van der Waals surface area contributed by atoms with E-state index in [2.05, 4.69) is 11.9 Å². The molecule has 0 aromatic heterocycles. The molecule has 0 saturated carbocycles. The average molecular weight is 134 g/mol. The average Bonchev–Trinajstić information content (AvgIpc) is 2.05.